The Morgan fingerprint density at radius 2 is 1.57 bits per heavy atom. The Kier molecular flexibility index (Phi) is 2.46. The van der Waals surface area contributed by atoms with Crippen molar-refractivity contribution >= 4 is 33.0 Å². The summed E-state index contributed by atoms with van der Waals surface area (Å²) in [5.74, 6) is 0. The Morgan fingerprint density at radius 1 is 0.739 bits per heavy atom. The molecule has 5 aromatic rings. The van der Waals surface area contributed by atoms with Gasteiger partial charge in [0.15, 0.2) is 5.58 Å². The van der Waals surface area contributed by atoms with Crippen LogP contribution in [0.25, 0.3) is 44.2 Å². The normalized spacial score (nSPS) is 11.5. The Balaban J connectivity index is 1.81. The zero-order valence-electron chi connectivity index (χ0n) is 12.1. The molecular formula is C19H11N3O. The lowest BCUT2D eigenvalue weighted by Gasteiger charge is -2.04. The molecule has 0 saturated carbocycles. The van der Waals surface area contributed by atoms with Gasteiger partial charge < -0.3 is 4.42 Å². The van der Waals surface area contributed by atoms with Crippen LogP contribution in [0.15, 0.2) is 71.5 Å². The van der Waals surface area contributed by atoms with Crippen LogP contribution < -0.4 is 0 Å². The summed E-state index contributed by atoms with van der Waals surface area (Å²) in [4.78, 5) is 13.5. The first-order valence-corrected chi connectivity index (χ1v) is 7.37. The second-order valence-electron chi connectivity index (χ2n) is 5.40. The van der Waals surface area contributed by atoms with E-state index in [1.54, 1.807) is 12.4 Å². The molecule has 0 aliphatic carbocycles. The fourth-order valence-electron chi connectivity index (χ4n) is 2.95. The van der Waals surface area contributed by atoms with E-state index in [2.05, 4.69) is 27.1 Å². The van der Waals surface area contributed by atoms with E-state index >= 15 is 0 Å². The van der Waals surface area contributed by atoms with Gasteiger partial charge in [0.05, 0.1) is 16.6 Å². The van der Waals surface area contributed by atoms with Crippen LogP contribution in [0.5, 0.6) is 0 Å². The molecule has 0 aliphatic rings. The average Bonchev–Trinajstić information content (AvgIpc) is 2.99. The number of nitrogens with zero attached hydrogens (tertiary/aromatic N) is 3. The summed E-state index contributed by atoms with van der Waals surface area (Å²) < 4.78 is 5.90. The van der Waals surface area contributed by atoms with Crippen molar-refractivity contribution in [2.75, 3.05) is 0 Å². The highest BCUT2D eigenvalue weighted by molar-refractivity contribution is 6.03. The van der Waals surface area contributed by atoms with Crippen molar-refractivity contribution in [1.29, 1.82) is 0 Å². The lowest BCUT2D eigenvalue weighted by molar-refractivity contribution is 0.668. The number of aromatic nitrogens is 3. The molecule has 0 saturated heterocycles. The molecule has 0 aliphatic heterocycles. The van der Waals surface area contributed by atoms with Gasteiger partial charge in [0.2, 0.25) is 0 Å². The minimum absolute atomic E-state index is 0.775. The van der Waals surface area contributed by atoms with Crippen LogP contribution in [-0.4, -0.2) is 15.0 Å². The molecule has 0 bridgehead atoms. The van der Waals surface area contributed by atoms with Gasteiger partial charge in [-0.05, 0) is 18.2 Å². The van der Waals surface area contributed by atoms with Crippen LogP contribution in [0.1, 0.15) is 0 Å². The van der Waals surface area contributed by atoms with E-state index in [0.29, 0.717) is 0 Å². The van der Waals surface area contributed by atoms with Gasteiger partial charge in [0.1, 0.15) is 11.1 Å². The Bertz CT molecular complexity index is 1170. The maximum Gasteiger partial charge on any atom is 0.153 e. The highest BCUT2D eigenvalue weighted by Crippen LogP contribution is 2.31. The molecule has 108 valence electrons. The summed E-state index contributed by atoms with van der Waals surface area (Å²) in [5.41, 5.74) is 5.20. The maximum absolute atomic E-state index is 5.90. The predicted molar refractivity (Wildman–Crippen MR) is 90.0 cm³/mol. The summed E-state index contributed by atoms with van der Waals surface area (Å²) in [6.45, 7) is 0. The monoisotopic (exact) mass is 297 g/mol. The topological polar surface area (TPSA) is 51.8 Å². The Morgan fingerprint density at radius 3 is 2.52 bits per heavy atom. The molecule has 4 heteroatoms. The van der Waals surface area contributed by atoms with Gasteiger partial charge in [-0.2, -0.15) is 0 Å². The highest BCUT2D eigenvalue weighted by Gasteiger charge is 2.11. The third-order valence-corrected chi connectivity index (χ3v) is 4.02. The van der Waals surface area contributed by atoms with Crippen molar-refractivity contribution in [3.05, 3.63) is 67.1 Å². The SMILES string of the molecule is c1cnc2c(-c3cc4oc5cccnc5c4cn3)cccc2c1. The van der Waals surface area contributed by atoms with E-state index in [-0.39, 0.29) is 0 Å². The minimum Gasteiger partial charge on any atom is -0.454 e. The Hall–Kier alpha value is -3.27. The number of hydrogen-bond acceptors (Lipinski definition) is 4. The first-order chi connectivity index (χ1) is 11.4. The molecule has 1 aromatic carbocycles. The number of para-hydroxylation sites is 1. The molecule has 4 aromatic heterocycles. The second-order valence-corrected chi connectivity index (χ2v) is 5.40. The molecule has 5 rings (SSSR count). The Labute approximate surface area is 131 Å². The van der Waals surface area contributed by atoms with Crippen LogP contribution in [0.3, 0.4) is 0 Å². The van der Waals surface area contributed by atoms with Gasteiger partial charge in [-0.1, -0.05) is 24.3 Å². The molecule has 0 spiro atoms. The van der Waals surface area contributed by atoms with Crippen LogP contribution in [0, 0.1) is 0 Å². The first-order valence-electron chi connectivity index (χ1n) is 7.37. The van der Waals surface area contributed by atoms with Crippen LogP contribution >= 0.6 is 0 Å². The van der Waals surface area contributed by atoms with Crippen LogP contribution in [0.4, 0.5) is 0 Å². The van der Waals surface area contributed by atoms with Crippen LogP contribution in [-0.2, 0) is 0 Å². The van der Waals surface area contributed by atoms with E-state index in [0.717, 1.165) is 44.2 Å². The molecule has 4 heterocycles. The average molecular weight is 297 g/mol. The molecule has 0 fully saturated rings. The largest absolute Gasteiger partial charge is 0.454 e. The van der Waals surface area contributed by atoms with Gasteiger partial charge in [-0.3, -0.25) is 15.0 Å². The van der Waals surface area contributed by atoms with Crippen molar-refractivity contribution in [3.8, 4) is 11.3 Å². The molecule has 0 radical (unpaired) electrons. The summed E-state index contributed by atoms with van der Waals surface area (Å²) in [5, 5.41) is 2.02. The predicted octanol–water partition coefficient (Wildman–Crippen LogP) is 4.59. The van der Waals surface area contributed by atoms with Crippen molar-refractivity contribution in [3.63, 3.8) is 0 Å². The molecule has 23 heavy (non-hydrogen) atoms. The number of furan rings is 1. The maximum atomic E-state index is 5.90. The summed E-state index contributed by atoms with van der Waals surface area (Å²) >= 11 is 0. The van der Waals surface area contributed by atoms with E-state index < -0.39 is 0 Å². The second kappa shape index (κ2) is 4.61. The van der Waals surface area contributed by atoms with Gasteiger partial charge in [0, 0.05) is 35.6 Å². The number of pyridine rings is 3. The zero-order valence-corrected chi connectivity index (χ0v) is 12.1. The van der Waals surface area contributed by atoms with E-state index in [1.165, 1.54) is 0 Å². The van der Waals surface area contributed by atoms with Crippen LogP contribution in [0.2, 0.25) is 0 Å². The van der Waals surface area contributed by atoms with E-state index in [1.807, 2.05) is 42.6 Å². The molecule has 4 nitrogen and oxygen atoms in total. The third-order valence-electron chi connectivity index (χ3n) is 4.02. The quantitative estimate of drug-likeness (QED) is 0.454. The van der Waals surface area contributed by atoms with Crippen molar-refractivity contribution in [2.45, 2.75) is 0 Å². The summed E-state index contributed by atoms with van der Waals surface area (Å²) in [6.07, 6.45) is 5.39. The lowest BCUT2D eigenvalue weighted by atomic mass is 10.1. The van der Waals surface area contributed by atoms with E-state index in [9.17, 15) is 0 Å². The van der Waals surface area contributed by atoms with Crippen molar-refractivity contribution in [1.82, 2.24) is 15.0 Å². The molecule has 0 atom stereocenters. The fourth-order valence-corrected chi connectivity index (χ4v) is 2.95. The molecule has 0 N–H and O–H groups in total. The minimum atomic E-state index is 0.775. The number of rotatable bonds is 1. The standard InChI is InChI=1S/C19H11N3O/c1-4-12-5-2-8-20-18(12)13(6-1)15-10-17-14(11-22-15)19-16(23-17)7-3-9-21-19/h1-11H. The molecule has 0 unspecified atom stereocenters. The number of benzene rings is 1. The third kappa shape index (κ3) is 1.82. The first kappa shape index (κ1) is 12.3. The van der Waals surface area contributed by atoms with Gasteiger partial charge >= 0.3 is 0 Å². The molecule has 0 amide bonds. The number of fused-ring (bicyclic) bond motifs is 4. The fraction of sp³-hybridized carbons (Fsp3) is 0. The summed E-state index contributed by atoms with van der Waals surface area (Å²) in [6, 6.07) is 15.8. The number of hydrogen-bond donors (Lipinski definition) is 0. The lowest BCUT2D eigenvalue weighted by Crippen LogP contribution is -1.87. The van der Waals surface area contributed by atoms with Crippen molar-refractivity contribution < 1.29 is 4.42 Å². The van der Waals surface area contributed by atoms with Gasteiger partial charge in [0.25, 0.3) is 0 Å². The van der Waals surface area contributed by atoms with Gasteiger partial charge in [-0.15, -0.1) is 0 Å². The van der Waals surface area contributed by atoms with Crippen molar-refractivity contribution in [2.24, 2.45) is 0 Å². The highest BCUT2D eigenvalue weighted by atomic mass is 16.3. The van der Waals surface area contributed by atoms with E-state index in [4.69, 9.17) is 4.42 Å². The smallest absolute Gasteiger partial charge is 0.153 e. The zero-order chi connectivity index (χ0) is 15.2. The van der Waals surface area contributed by atoms with Gasteiger partial charge in [-0.25, -0.2) is 0 Å². The molecular weight excluding hydrogens is 286 g/mol. The summed E-state index contributed by atoms with van der Waals surface area (Å²) in [7, 11) is 0.